The van der Waals surface area contributed by atoms with Crippen molar-refractivity contribution in [2.24, 2.45) is 5.73 Å². The molecular formula is C5H10ClNO2. The van der Waals surface area contributed by atoms with Crippen molar-refractivity contribution >= 4 is 17.6 Å². The van der Waals surface area contributed by atoms with Gasteiger partial charge >= 0.3 is 5.97 Å². The number of carboxylic acid groups (broad SMARTS) is 1. The van der Waals surface area contributed by atoms with E-state index in [1.807, 2.05) is 0 Å². The first kappa shape index (κ1) is 11.3. The topological polar surface area (TPSA) is 63.3 Å². The van der Waals surface area contributed by atoms with Crippen molar-refractivity contribution in [3.63, 3.8) is 0 Å². The number of nitrogens with two attached hydrogens (primary N) is 1. The summed E-state index contributed by atoms with van der Waals surface area (Å²) in [5, 5.41) is 7.87. The number of hydrogen-bond donors (Lipinski definition) is 2. The summed E-state index contributed by atoms with van der Waals surface area (Å²) in [5.74, 6) is -0.963. The van der Waals surface area contributed by atoms with E-state index in [2.05, 4.69) is 6.58 Å². The van der Waals surface area contributed by atoms with Crippen LogP contribution in [0.5, 0.6) is 0 Å². The highest BCUT2D eigenvalue weighted by Crippen LogP contribution is 1.68. The molecule has 0 saturated heterocycles. The zero-order chi connectivity index (χ0) is 7.86. The van der Waals surface area contributed by atoms with Gasteiger partial charge in [-0.1, -0.05) is 18.2 Å². The second-order valence-electron chi connectivity index (χ2n) is 1.28. The molecule has 0 bridgehead atoms. The molecule has 0 aromatic carbocycles. The summed E-state index contributed by atoms with van der Waals surface area (Å²) in [6, 6.07) is -0.731. The van der Waals surface area contributed by atoms with Crippen LogP contribution in [0.15, 0.2) is 12.1 Å². The Morgan fingerprint density at radius 2 is 2.11 bits per heavy atom. The number of carbonyl (C=O) groups is 1. The van der Waals surface area contributed by atoms with E-state index in [0.717, 1.165) is 0 Å². The molecule has 4 heteroatoms. The lowest BCUT2D eigenvalue weighted by Crippen LogP contribution is -2.25. The second-order valence-corrected chi connectivity index (χ2v) is 1.59. The van der Waals surface area contributed by atoms with Gasteiger partial charge in [-0.05, 0) is 12.5 Å². The molecule has 0 fully saturated rings. The predicted molar refractivity (Wildman–Crippen MR) is 37.3 cm³/mol. The van der Waals surface area contributed by atoms with Crippen molar-refractivity contribution < 1.29 is 9.90 Å². The second kappa shape index (κ2) is 7.46. The van der Waals surface area contributed by atoms with E-state index in [1.54, 1.807) is 0 Å². The summed E-state index contributed by atoms with van der Waals surface area (Å²) in [6.45, 7) is 4.55. The van der Waals surface area contributed by atoms with Crippen LogP contribution in [0.3, 0.4) is 0 Å². The van der Waals surface area contributed by atoms with Crippen molar-refractivity contribution in [1.82, 2.24) is 0 Å². The average molecular weight is 152 g/mol. The summed E-state index contributed by atoms with van der Waals surface area (Å²) in [7, 11) is 0. The van der Waals surface area contributed by atoms with Crippen LogP contribution in [0.1, 0.15) is 6.92 Å². The van der Waals surface area contributed by atoms with Gasteiger partial charge in [0, 0.05) is 0 Å². The lowest BCUT2D eigenvalue weighted by Gasteiger charge is -1.90. The van der Waals surface area contributed by atoms with Crippen LogP contribution in [-0.4, -0.2) is 17.1 Å². The van der Waals surface area contributed by atoms with E-state index in [-0.39, 0.29) is 0 Å². The Bertz CT molecular complexity index is 93.0. The molecule has 1 atom stereocenters. The fraction of sp³-hybridized carbons (Fsp3) is 0.400. The third kappa shape index (κ3) is 18.6. The number of halogens is 1. The number of carboxylic acids is 1. The van der Waals surface area contributed by atoms with Crippen LogP contribution in [0.25, 0.3) is 0 Å². The van der Waals surface area contributed by atoms with Gasteiger partial charge in [0.2, 0.25) is 0 Å². The highest BCUT2D eigenvalue weighted by molar-refractivity contribution is 6.25. The average Bonchev–Trinajstić information content (AvgIpc) is 1.68. The Balaban J connectivity index is 0. The van der Waals surface area contributed by atoms with E-state index < -0.39 is 12.0 Å². The van der Waals surface area contributed by atoms with Gasteiger partial charge in [-0.3, -0.25) is 4.79 Å². The maximum absolute atomic E-state index is 9.57. The summed E-state index contributed by atoms with van der Waals surface area (Å²) in [4.78, 5) is 9.57. The zero-order valence-corrected chi connectivity index (χ0v) is 5.93. The number of rotatable bonds is 1. The molecule has 0 aromatic heterocycles. The van der Waals surface area contributed by atoms with Crippen LogP contribution < -0.4 is 5.73 Å². The van der Waals surface area contributed by atoms with Crippen LogP contribution in [-0.2, 0) is 4.79 Å². The summed E-state index contributed by atoms with van der Waals surface area (Å²) in [5.41, 5.74) is 6.06. The first-order valence-corrected chi connectivity index (χ1v) is 2.69. The first-order chi connectivity index (χ1) is 4.06. The summed E-state index contributed by atoms with van der Waals surface area (Å²) < 4.78 is 0. The Morgan fingerprint density at radius 3 is 2.11 bits per heavy atom. The van der Waals surface area contributed by atoms with E-state index in [0.29, 0.717) is 0 Å². The SMILES string of the molecule is C=CCl.CC(N)C(=O)O. The third-order valence-electron chi connectivity index (χ3n) is 0.390. The fourth-order valence-electron chi connectivity index (χ4n) is 0. The van der Waals surface area contributed by atoms with Gasteiger partial charge in [-0.15, -0.1) is 0 Å². The standard InChI is InChI=1S/C3H7NO2.C2H3Cl/c1-2(4)3(5)6;1-2-3/h2H,4H2,1H3,(H,5,6);2H,1H2. The minimum Gasteiger partial charge on any atom is -0.480 e. The normalized spacial score (nSPS) is 10.6. The lowest BCUT2D eigenvalue weighted by molar-refractivity contribution is -0.138. The zero-order valence-electron chi connectivity index (χ0n) is 5.17. The van der Waals surface area contributed by atoms with E-state index >= 15 is 0 Å². The summed E-state index contributed by atoms with van der Waals surface area (Å²) >= 11 is 4.76. The highest BCUT2D eigenvalue weighted by atomic mass is 35.5. The first-order valence-electron chi connectivity index (χ1n) is 2.25. The van der Waals surface area contributed by atoms with Gasteiger partial charge < -0.3 is 10.8 Å². The van der Waals surface area contributed by atoms with Crippen LogP contribution >= 0.6 is 11.6 Å². The Morgan fingerprint density at radius 1 is 2.00 bits per heavy atom. The molecule has 1 unspecified atom stereocenters. The molecular weight excluding hydrogens is 142 g/mol. The molecule has 0 spiro atoms. The predicted octanol–water partition coefficient (Wildman–Crippen LogP) is 0.787. The Labute approximate surface area is 59.1 Å². The van der Waals surface area contributed by atoms with Crippen molar-refractivity contribution in [1.29, 1.82) is 0 Å². The number of aliphatic carboxylic acids is 1. The van der Waals surface area contributed by atoms with Crippen molar-refractivity contribution in [3.8, 4) is 0 Å². The van der Waals surface area contributed by atoms with Gasteiger partial charge in [-0.2, -0.15) is 0 Å². The molecule has 3 N–H and O–H groups in total. The van der Waals surface area contributed by atoms with Crippen molar-refractivity contribution in [2.45, 2.75) is 13.0 Å². The van der Waals surface area contributed by atoms with Crippen molar-refractivity contribution in [3.05, 3.63) is 12.1 Å². The van der Waals surface area contributed by atoms with Crippen LogP contribution in [0, 0.1) is 0 Å². The fourth-order valence-corrected chi connectivity index (χ4v) is 0. The smallest absolute Gasteiger partial charge is 0.320 e. The molecule has 54 valence electrons. The lowest BCUT2D eigenvalue weighted by atomic mass is 10.4. The van der Waals surface area contributed by atoms with Gasteiger partial charge in [0.15, 0.2) is 0 Å². The monoisotopic (exact) mass is 151 g/mol. The largest absolute Gasteiger partial charge is 0.480 e. The summed E-state index contributed by atoms with van der Waals surface area (Å²) in [6.07, 6.45) is 0. The van der Waals surface area contributed by atoms with Gasteiger partial charge in [0.25, 0.3) is 0 Å². The molecule has 9 heavy (non-hydrogen) atoms. The van der Waals surface area contributed by atoms with E-state index in [9.17, 15) is 4.79 Å². The molecule has 0 heterocycles. The third-order valence-corrected chi connectivity index (χ3v) is 0.390. The van der Waals surface area contributed by atoms with Gasteiger partial charge in [0.1, 0.15) is 6.04 Å². The van der Waals surface area contributed by atoms with E-state index in [4.69, 9.17) is 22.4 Å². The van der Waals surface area contributed by atoms with Gasteiger partial charge in [0.05, 0.1) is 0 Å². The maximum atomic E-state index is 9.57. The molecule has 3 nitrogen and oxygen atoms in total. The number of hydrogen-bond acceptors (Lipinski definition) is 2. The molecule has 0 aliphatic heterocycles. The van der Waals surface area contributed by atoms with Crippen molar-refractivity contribution in [2.75, 3.05) is 0 Å². The quantitative estimate of drug-likeness (QED) is 0.583. The molecule has 0 aromatic rings. The molecule has 0 saturated carbocycles. The Hall–Kier alpha value is -0.540. The Kier molecular flexibility index (Phi) is 9.35. The minimum absolute atomic E-state index is 0.731. The molecule has 0 rings (SSSR count). The highest BCUT2D eigenvalue weighted by Gasteiger charge is 1.99. The molecule has 0 amide bonds. The van der Waals surface area contributed by atoms with Crippen LogP contribution in [0.4, 0.5) is 0 Å². The molecule has 0 radical (unpaired) electrons. The van der Waals surface area contributed by atoms with Crippen LogP contribution in [0.2, 0.25) is 0 Å². The molecule has 0 aliphatic rings. The maximum Gasteiger partial charge on any atom is 0.320 e. The molecule has 0 aliphatic carbocycles. The minimum atomic E-state index is -0.963. The van der Waals surface area contributed by atoms with Gasteiger partial charge in [-0.25, -0.2) is 0 Å². The van der Waals surface area contributed by atoms with E-state index in [1.165, 1.54) is 12.5 Å².